The molecule has 1 rings (SSSR count). The van der Waals surface area contributed by atoms with Crippen molar-refractivity contribution in [3.8, 4) is 0 Å². The number of hydrogen-bond acceptors (Lipinski definition) is 4. The summed E-state index contributed by atoms with van der Waals surface area (Å²) < 4.78 is 0. The number of hydrogen-bond donors (Lipinski definition) is 1. The lowest BCUT2D eigenvalue weighted by Crippen LogP contribution is -2.30. The van der Waals surface area contributed by atoms with E-state index in [1.807, 2.05) is 7.05 Å². The second kappa shape index (κ2) is 5.68. The fourth-order valence-corrected chi connectivity index (χ4v) is 1.87. The highest BCUT2D eigenvalue weighted by molar-refractivity contribution is 5.57. The Morgan fingerprint density at radius 3 is 2.69 bits per heavy atom. The number of anilines is 2. The first-order valence-electron chi connectivity index (χ1n) is 5.84. The largest absolute Gasteiger partial charge is 0.373 e. The van der Waals surface area contributed by atoms with Gasteiger partial charge in [0.2, 0.25) is 0 Å². The van der Waals surface area contributed by atoms with E-state index in [1.165, 1.54) is 12.8 Å². The summed E-state index contributed by atoms with van der Waals surface area (Å²) in [5.41, 5.74) is 1.11. The molecule has 0 radical (unpaired) electrons. The first-order chi connectivity index (χ1) is 7.61. The van der Waals surface area contributed by atoms with Crippen LogP contribution in [0.3, 0.4) is 0 Å². The lowest BCUT2D eigenvalue weighted by atomic mass is 10.1. The third kappa shape index (κ3) is 2.62. The van der Waals surface area contributed by atoms with Gasteiger partial charge in [0.1, 0.15) is 18.0 Å². The lowest BCUT2D eigenvalue weighted by molar-refractivity contribution is 0.609. The molecule has 0 saturated carbocycles. The van der Waals surface area contributed by atoms with Crippen molar-refractivity contribution in [3.05, 3.63) is 11.9 Å². The minimum atomic E-state index is 0.503. The summed E-state index contributed by atoms with van der Waals surface area (Å²) in [5, 5.41) is 3.08. The van der Waals surface area contributed by atoms with Crippen LogP contribution in [0.4, 0.5) is 11.6 Å². The van der Waals surface area contributed by atoms with Crippen LogP contribution < -0.4 is 10.2 Å². The van der Waals surface area contributed by atoms with Gasteiger partial charge in [-0.25, -0.2) is 9.97 Å². The molecule has 1 N–H and O–H groups in total. The molecule has 4 nitrogen and oxygen atoms in total. The lowest BCUT2D eigenvalue weighted by Gasteiger charge is -2.27. The molecule has 0 fully saturated rings. The summed E-state index contributed by atoms with van der Waals surface area (Å²) in [7, 11) is 3.98. The van der Waals surface area contributed by atoms with E-state index in [1.54, 1.807) is 6.33 Å². The van der Waals surface area contributed by atoms with Gasteiger partial charge in [-0.05, 0) is 20.3 Å². The minimum absolute atomic E-state index is 0.503. The fraction of sp³-hybridized carbons (Fsp3) is 0.667. The Balaban J connectivity index is 2.94. The number of aromatic nitrogens is 2. The molecule has 1 aromatic heterocycles. The first-order valence-corrected chi connectivity index (χ1v) is 5.84. The molecule has 1 heterocycles. The summed E-state index contributed by atoms with van der Waals surface area (Å²) in [6.45, 7) is 6.48. The van der Waals surface area contributed by atoms with Gasteiger partial charge in [-0.1, -0.05) is 13.3 Å². The van der Waals surface area contributed by atoms with Gasteiger partial charge in [0.05, 0.1) is 0 Å². The number of nitrogens with one attached hydrogen (secondary N) is 1. The third-order valence-electron chi connectivity index (χ3n) is 3.00. The van der Waals surface area contributed by atoms with Gasteiger partial charge >= 0.3 is 0 Å². The molecule has 0 amide bonds. The second-order valence-corrected chi connectivity index (χ2v) is 4.17. The predicted octanol–water partition coefficient (Wildman–Crippen LogP) is 2.45. The van der Waals surface area contributed by atoms with E-state index in [-0.39, 0.29) is 0 Å². The molecule has 0 aliphatic rings. The van der Waals surface area contributed by atoms with Crippen molar-refractivity contribution in [2.75, 3.05) is 24.3 Å². The monoisotopic (exact) mass is 222 g/mol. The Labute approximate surface area is 98.1 Å². The van der Waals surface area contributed by atoms with Crippen LogP contribution in [0, 0.1) is 6.92 Å². The van der Waals surface area contributed by atoms with Crippen LogP contribution in [0.1, 0.15) is 32.3 Å². The second-order valence-electron chi connectivity index (χ2n) is 4.17. The SMILES string of the molecule is CCCC(C)N(C)c1ncnc(NC)c1C. The molecular formula is C12H22N4. The smallest absolute Gasteiger partial charge is 0.137 e. The molecule has 4 heteroatoms. The van der Waals surface area contributed by atoms with Crippen LogP contribution in [0.25, 0.3) is 0 Å². The van der Waals surface area contributed by atoms with Gasteiger partial charge in [-0.15, -0.1) is 0 Å². The molecule has 16 heavy (non-hydrogen) atoms. The van der Waals surface area contributed by atoms with E-state index in [0.29, 0.717) is 6.04 Å². The van der Waals surface area contributed by atoms with E-state index in [9.17, 15) is 0 Å². The van der Waals surface area contributed by atoms with Crippen LogP contribution in [0.15, 0.2) is 6.33 Å². The number of nitrogens with zero attached hydrogens (tertiary/aromatic N) is 3. The molecule has 0 aromatic carbocycles. The maximum atomic E-state index is 4.36. The van der Waals surface area contributed by atoms with E-state index in [0.717, 1.165) is 17.2 Å². The Bertz CT molecular complexity index is 338. The van der Waals surface area contributed by atoms with E-state index < -0.39 is 0 Å². The molecular weight excluding hydrogens is 200 g/mol. The highest BCUT2D eigenvalue weighted by Crippen LogP contribution is 2.23. The van der Waals surface area contributed by atoms with Gasteiger partial charge in [0.25, 0.3) is 0 Å². The quantitative estimate of drug-likeness (QED) is 0.831. The molecule has 1 atom stereocenters. The molecule has 1 aromatic rings. The van der Waals surface area contributed by atoms with Crippen LogP contribution >= 0.6 is 0 Å². The van der Waals surface area contributed by atoms with E-state index in [2.05, 4.69) is 48.0 Å². The minimum Gasteiger partial charge on any atom is -0.373 e. The van der Waals surface area contributed by atoms with Gasteiger partial charge in [0.15, 0.2) is 0 Å². The first kappa shape index (κ1) is 12.7. The molecule has 90 valence electrons. The van der Waals surface area contributed by atoms with Gasteiger partial charge < -0.3 is 10.2 Å². The Morgan fingerprint density at radius 1 is 1.44 bits per heavy atom. The summed E-state index contributed by atoms with van der Waals surface area (Å²) in [6.07, 6.45) is 3.98. The van der Waals surface area contributed by atoms with Gasteiger partial charge in [-0.2, -0.15) is 0 Å². The van der Waals surface area contributed by atoms with Crippen molar-refractivity contribution < 1.29 is 0 Å². The molecule has 0 aliphatic heterocycles. The molecule has 0 spiro atoms. The average Bonchev–Trinajstić information content (AvgIpc) is 2.29. The van der Waals surface area contributed by atoms with E-state index >= 15 is 0 Å². The topological polar surface area (TPSA) is 41.1 Å². The van der Waals surface area contributed by atoms with Crippen molar-refractivity contribution in [3.63, 3.8) is 0 Å². The number of rotatable bonds is 5. The Kier molecular flexibility index (Phi) is 4.52. The summed E-state index contributed by atoms with van der Waals surface area (Å²) in [5.74, 6) is 1.92. The summed E-state index contributed by atoms with van der Waals surface area (Å²) in [6, 6.07) is 0.503. The summed E-state index contributed by atoms with van der Waals surface area (Å²) in [4.78, 5) is 10.8. The van der Waals surface area contributed by atoms with Crippen LogP contribution in [0.2, 0.25) is 0 Å². The average molecular weight is 222 g/mol. The van der Waals surface area contributed by atoms with Crippen LogP contribution in [-0.2, 0) is 0 Å². The highest BCUT2D eigenvalue weighted by atomic mass is 15.2. The fourth-order valence-electron chi connectivity index (χ4n) is 1.87. The molecule has 1 unspecified atom stereocenters. The zero-order chi connectivity index (χ0) is 12.1. The van der Waals surface area contributed by atoms with Crippen molar-refractivity contribution in [1.29, 1.82) is 0 Å². The summed E-state index contributed by atoms with van der Waals surface area (Å²) >= 11 is 0. The Hall–Kier alpha value is -1.32. The molecule has 0 aliphatic carbocycles. The third-order valence-corrected chi connectivity index (χ3v) is 3.00. The van der Waals surface area contributed by atoms with Crippen LogP contribution in [0.5, 0.6) is 0 Å². The molecule has 0 bridgehead atoms. The molecule has 0 saturated heterocycles. The van der Waals surface area contributed by atoms with Crippen LogP contribution in [-0.4, -0.2) is 30.1 Å². The zero-order valence-corrected chi connectivity index (χ0v) is 10.9. The maximum Gasteiger partial charge on any atom is 0.137 e. The van der Waals surface area contributed by atoms with Crippen molar-refractivity contribution >= 4 is 11.6 Å². The Morgan fingerprint density at radius 2 is 2.12 bits per heavy atom. The van der Waals surface area contributed by atoms with Crippen molar-refractivity contribution in [2.45, 2.75) is 39.7 Å². The van der Waals surface area contributed by atoms with Crippen molar-refractivity contribution in [1.82, 2.24) is 9.97 Å². The standard InChI is InChI=1S/C12H22N4/c1-6-7-9(2)16(5)12-10(3)11(13-4)14-8-15-12/h8-9H,6-7H2,1-5H3,(H,13,14,15). The van der Waals surface area contributed by atoms with Gasteiger partial charge in [-0.3, -0.25) is 0 Å². The van der Waals surface area contributed by atoms with Gasteiger partial charge in [0, 0.05) is 25.7 Å². The highest BCUT2D eigenvalue weighted by Gasteiger charge is 2.14. The normalized spacial score (nSPS) is 12.3. The predicted molar refractivity (Wildman–Crippen MR) is 69.1 cm³/mol. The maximum absolute atomic E-state index is 4.36. The van der Waals surface area contributed by atoms with E-state index in [4.69, 9.17) is 0 Å². The van der Waals surface area contributed by atoms with Crippen molar-refractivity contribution in [2.24, 2.45) is 0 Å². The zero-order valence-electron chi connectivity index (χ0n) is 10.9.